The molecule has 35 heavy (non-hydrogen) atoms. The zero-order chi connectivity index (χ0) is 24.5. The predicted octanol–water partition coefficient (Wildman–Crippen LogP) is 4.31. The van der Waals surface area contributed by atoms with Crippen LogP contribution in [-0.4, -0.2) is 39.3 Å². The highest BCUT2D eigenvalue weighted by Gasteiger charge is 2.27. The Morgan fingerprint density at radius 1 is 1.20 bits per heavy atom. The molecule has 0 radical (unpaired) electrons. The predicted molar refractivity (Wildman–Crippen MR) is 130 cm³/mol. The molecule has 5 rings (SSSR count). The Bertz CT molecular complexity index is 1500. The lowest BCUT2D eigenvalue weighted by Crippen LogP contribution is -2.23. The summed E-state index contributed by atoms with van der Waals surface area (Å²) in [5.41, 5.74) is 7.86. The average Bonchev–Trinajstić information content (AvgIpc) is 3.49. The lowest BCUT2D eigenvalue weighted by atomic mass is 10.1. The molecule has 1 saturated heterocycles. The van der Waals surface area contributed by atoms with Crippen molar-refractivity contribution in [2.24, 2.45) is 0 Å². The second-order valence-corrected chi connectivity index (χ2v) is 8.39. The summed E-state index contributed by atoms with van der Waals surface area (Å²) in [6.07, 6.45) is 2.79. The number of hydrogen-bond donors (Lipinski definition) is 2. The van der Waals surface area contributed by atoms with Gasteiger partial charge in [0, 0.05) is 30.9 Å². The van der Waals surface area contributed by atoms with Crippen molar-refractivity contribution in [3.8, 4) is 34.5 Å². The van der Waals surface area contributed by atoms with Crippen molar-refractivity contribution in [1.29, 1.82) is 0 Å². The van der Waals surface area contributed by atoms with Crippen LogP contribution >= 0.6 is 0 Å². The topological polar surface area (TPSA) is 89.2 Å². The third-order valence-electron chi connectivity index (χ3n) is 6.21. The normalized spacial score (nSPS) is 15.8. The first-order valence-electron chi connectivity index (χ1n) is 11.2. The maximum absolute atomic E-state index is 14.0. The van der Waals surface area contributed by atoms with Crippen LogP contribution in [0.2, 0.25) is 0 Å². The Morgan fingerprint density at radius 3 is 2.66 bits per heavy atom. The summed E-state index contributed by atoms with van der Waals surface area (Å²) < 4.78 is 35.3. The van der Waals surface area contributed by atoms with E-state index in [1.807, 2.05) is 17.7 Å². The molecule has 9 heteroatoms. The molecule has 178 valence electrons. The van der Waals surface area contributed by atoms with Crippen LogP contribution in [0.5, 0.6) is 11.5 Å². The zero-order valence-corrected chi connectivity index (χ0v) is 19.0. The quantitative estimate of drug-likeness (QED) is 0.420. The number of fused-ring (bicyclic) bond motifs is 1. The van der Waals surface area contributed by atoms with E-state index in [0.717, 1.165) is 42.8 Å². The van der Waals surface area contributed by atoms with Gasteiger partial charge in [-0.25, -0.2) is 13.9 Å². The molecule has 0 unspecified atom stereocenters. The number of para-hydroxylation sites is 1. The number of aromatic amines is 1. The maximum atomic E-state index is 14.0. The molecule has 1 aliphatic rings. The van der Waals surface area contributed by atoms with Crippen molar-refractivity contribution in [1.82, 2.24) is 19.7 Å². The fourth-order valence-electron chi connectivity index (χ4n) is 4.52. The minimum atomic E-state index is -0.786. The van der Waals surface area contributed by atoms with Gasteiger partial charge in [0.2, 0.25) is 0 Å². The third-order valence-corrected chi connectivity index (χ3v) is 6.21. The second-order valence-electron chi connectivity index (χ2n) is 8.39. The van der Waals surface area contributed by atoms with Crippen molar-refractivity contribution >= 4 is 16.7 Å². The van der Waals surface area contributed by atoms with Crippen molar-refractivity contribution in [3.63, 3.8) is 0 Å². The van der Waals surface area contributed by atoms with Gasteiger partial charge >= 0.3 is 0 Å². The van der Waals surface area contributed by atoms with E-state index in [1.54, 1.807) is 24.3 Å². The molecule has 0 aliphatic carbocycles. The molecule has 4 aromatic rings. The van der Waals surface area contributed by atoms with E-state index in [1.165, 1.54) is 6.07 Å². The van der Waals surface area contributed by atoms with Gasteiger partial charge in [0.1, 0.15) is 11.3 Å². The van der Waals surface area contributed by atoms with E-state index in [9.17, 15) is 13.6 Å². The van der Waals surface area contributed by atoms with Gasteiger partial charge in [0.05, 0.1) is 11.9 Å². The van der Waals surface area contributed by atoms with Gasteiger partial charge in [-0.1, -0.05) is 24.1 Å². The summed E-state index contributed by atoms with van der Waals surface area (Å²) in [4.78, 5) is 15.1. The van der Waals surface area contributed by atoms with Gasteiger partial charge in [-0.15, -0.1) is 5.92 Å². The number of H-pyrrole nitrogens is 1. The van der Waals surface area contributed by atoms with Crippen LogP contribution < -0.4 is 16.0 Å². The minimum Gasteiger partial charge on any atom is -0.451 e. The Kier molecular flexibility index (Phi) is 5.97. The molecule has 7 nitrogen and oxygen atoms in total. The van der Waals surface area contributed by atoms with Gasteiger partial charge in [0.15, 0.2) is 23.2 Å². The number of ether oxygens (including phenoxy) is 1. The first kappa shape index (κ1) is 22.6. The number of anilines is 1. The molecule has 1 atom stereocenters. The van der Waals surface area contributed by atoms with Crippen LogP contribution in [0.25, 0.3) is 22.0 Å². The number of likely N-dealkylation sites (tertiary alicyclic amines) is 1. The first-order chi connectivity index (χ1) is 17.0. The maximum Gasteiger partial charge on any atom is 0.288 e. The summed E-state index contributed by atoms with van der Waals surface area (Å²) in [6, 6.07) is 10.4. The number of benzene rings is 2. The Hall–Kier alpha value is -4.16. The van der Waals surface area contributed by atoms with E-state index in [0.29, 0.717) is 17.4 Å². The molecule has 2 aromatic carbocycles. The molecule has 1 aliphatic heterocycles. The second kappa shape index (κ2) is 9.24. The minimum absolute atomic E-state index is 0.0828. The van der Waals surface area contributed by atoms with Crippen molar-refractivity contribution in [3.05, 3.63) is 70.6 Å². The Balaban J connectivity index is 1.52. The van der Waals surface area contributed by atoms with Crippen LogP contribution in [0.1, 0.15) is 19.4 Å². The Labute approximate surface area is 200 Å². The lowest BCUT2D eigenvalue weighted by molar-refractivity contribution is 0.364. The molecular weight excluding hydrogens is 452 g/mol. The number of hydrogen-bond acceptors (Lipinski definition) is 5. The molecule has 0 saturated carbocycles. The van der Waals surface area contributed by atoms with Crippen LogP contribution in [-0.2, 0) is 0 Å². The smallest absolute Gasteiger partial charge is 0.288 e. The monoisotopic (exact) mass is 475 g/mol. The van der Waals surface area contributed by atoms with Gasteiger partial charge in [-0.05, 0) is 43.2 Å². The van der Waals surface area contributed by atoms with E-state index < -0.39 is 17.4 Å². The number of aromatic nitrogens is 3. The number of nitrogens with one attached hydrogen (secondary N) is 1. The number of halogens is 2. The standard InChI is InChI=1S/C26H23F2N5O2/c1-2-3-12-32-13-11-17(14-32)33-15-19(22-23(33)26(34)31-30-25(22)29)16-7-9-18(10-8-16)35-24-20(27)5-4-6-21(24)28/h4-10,15,17H,11-14H2,1H3,(H2,29,30)(H,31,34)/t17-/m1/s1. The molecule has 1 fully saturated rings. The number of rotatable bonds is 5. The number of nitrogens with two attached hydrogens (primary N) is 1. The van der Waals surface area contributed by atoms with Crippen LogP contribution in [0.4, 0.5) is 14.6 Å². The highest BCUT2D eigenvalue weighted by Crippen LogP contribution is 2.37. The Morgan fingerprint density at radius 2 is 1.94 bits per heavy atom. The highest BCUT2D eigenvalue weighted by atomic mass is 19.1. The van der Waals surface area contributed by atoms with Crippen molar-refractivity contribution in [2.75, 3.05) is 25.4 Å². The van der Waals surface area contributed by atoms with Crippen molar-refractivity contribution < 1.29 is 13.5 Å². The summed E-state index contributed by atoms with van der Waals surface area (Å²) >= 11 is 0. The molecule has 2 aromatic heterocycles. The largest absolute Gasteiger partial charge is 0.451 e. The summed E-state index contributed by atoms with van der Waals surface area (Å²) in [5, 5.41) is 7.02. The zero-order valence-electron chi connectivity index (χ0n) is 19.0. The van der Waals surface area contributed by atoms with Crippen LogP contribution in [0.3, 0.4) is 0 Å². The molecule has 3 heterocycles. The molecule has 0 spiro atoms. The summed E-state index contributed by atoms with van der Waals surface area (Å²) in [6.45, 7) is 4.15. The van der Waals surface area contributed by atoms with Crippen LogP contribution in [0, 0.1) is 23.5 Å². The fourth-order valence-corrected chi connectivity index (χ4v) is 4.52. The summed E-state index contributed by atoms with van der Waals surface area (Å²) in [5.74, 6) is 4.46. The average molecular weight is 475 g/mol. The van der Waals surface area contributed by atoms with Gasteiger partial charge < -0.3 is 15.0 Å². The van der Waals surface area contributed by atoms with Gasteiger partial charge in [0.25, 0.3) is 5.56 Å². The first-order valence-corrected chi connectivity index (χ1v) is 11.2. The van der Waals surface area contributed by atoms with Gasteiger partial charge in [-0.3, -0.25) is 9.69 Å². The summed E-state index contributed by atoms with van der Waals surface area (Å²) in [7, 11) is 0. The highest BCUT2D eigenvalue weighted by molar-refractivity contribution is 6.02. The van der Waals surface area contributed by atoms with E-state index in [-0.39, 0.29) is 23.2 Å². The van der Waals surface area contributed by atoms with Crippen LogP contribution in [0.15, 0.2) is 53.5 Å². The van der Waals surface area contributed by atoms with Crippen molar-refractivity contribution in [2.45, 2.75) is 19.4 Å². The molecular formula is C26H23F2N5O2. The van der Waals surface area contributed by atoms with E-state index in [4.69, 9.17) is 10.5 Å². The SMILES string of the molecule is CC#CCN1CC[C@@H](n2cc(-c3ccc(Oc4c(F)cccc4F)cc3)c3c(N)n[nH]c(=O)c32)C1. The number of nitrogens with zero attached hydrogens (tertiary/aromatic N) is 3. The molecule has 0 bridgehead atoms. The third kappa shape index (κ3) is 4.24. The molecule has 0 amide bonds. The van der Waals surface area contributed by atoms with Gasteiger partial charge in [-0.2, -0.15) is 5.10 Å². The fraction of sp³-hybridized carbons (Fsp3) is 0.231. The molecule has 3 N–H and O–H groups in total. The number of nitrogen functional groups attached to an aromatic ring is 1. The van der Waals surface area contributed by atoms with E-state index >= 15 is 0 Å². The van der Waals surface area contributed by atoms with E-state index in [2.05, 4.69) is 26.9 Å². The lowest BCUT2D eigenvalue weighted by Gasteiger charge is -2.15.